The van der Waals surface area contributed by atoms with Gasteiger partial charge in [-0.2, -0.15) is 0 Å². The highest BCUT2D eigenvalue weighted by Gasteiger charge is 2.18. The van der Waals surface area contributed by atoms with Crippen LogP contribution in [0.3, 0.4) is 0 Å². The molecule has 0 N–H and O–H groups in total. The zero-order valence-electron chi connectivity index (χ0n) is 18.8. The predicted molar refractivity (Wildman–Crippen MR) is 125 cm³/mol. The molecule has 2 aliphatic rings. The van der Waals surface area contributed by atoms with Gasteiger partial charge in [-0.25, -0.2) is 0 Å². The molecule has 0 bridgehead atoms. The van der Waals surface area contributed by atoms with Crippen molar-refractivity contribution in [2.75, 3.05) is 0 Å². The molecule has 2 saturated carbocycles. The summed E-state index contributed by atoms with van der Waals surface area (Å²) < 4.78 is 0. The first-order valence-corrected chi connectivity index (χ1v) is 13.4. The summed E-state index contributed by atoms with van der Waals surface area (Å²) in [5.74, 6) is 2.12. The van der Waals surface area contributed by atoms with E-state index in [1.165, 1.54) is 128 Å². The van der Waals surface area contributed by atoms with Crippen LogP contribution in [0.25, 0.3) is 0 Å². The lowest BCUT2D eigenvalue weighted by atomic mass is 9.50. The van der Waals surface area contributed by atoms with E-state index < -0.39 is 0 Å². The molecule has 0 aliphatic heterocycles. The van der Waals surface area contributed by atoms with Gasteiger partial charge in [0.1, 0.15) is 7.28 Å². The molecule has 158 valence electrons. The normalized spacial score (nSPS) is 25.6. The minimum atomic E-state index is 1.06. The lowest BCUT2D eigenvalue weighted by molar-refractivity contribution is 0.529. The molecular weight excluding hydrogens is 323 g/mol. The highest BCUT2D eigenvalue weighted by Crippen LogP contribution is 2.32. The maximum atomic E-state index is 1.58. The van der Waals surface area contributed by atoms with Crippen molar-refractivity contribution in [2.24, 2.45) is 0 Å². The van der Waals surface area contributed by atoms with Crippen LogP contribution in [0.15, 0.2) is 0 Å². The second-order valence-electron chi connectivity index (χ2n) is 10.2. The largest absolute Gasteiger partial charge is 0.127 e. The fraction of sp³-hybridized carbons (Fsp3) is 1.00. The van der Waals surface area contributed by atoms with E-state index in [0.717, 1.165) is 11.6 Å². The average Bonchev–Trinajstić information content (AvgIpc) is 2.72. The van der Waals surface area contributed by atoms with E-state index in [0.29, 0.717) is 0 Å². The van der Waals surface area contributed by atoms with E-state index in [4.69, 9.17) is 0 Å². The Balaban J connectivity index is 1.77. The number of hydrogen-bond acceptors (Lipinski definition) is 0. The van der Waals surface area contributed by atoms with Crippen LogP contribution in [0.2, 0.25) is 11.6 Å². The van der Waals surface area contributed by atoms with Gasteiger partial charge in [-0.15, -0.1) is 0 Å². The lowest BCUT2D eigenvalue weighted by Crippen LogP contribution is -2.12. The molecule has 2 aliphatic carbocycles. The van der Waals surface area contributed by atoms with Crippen molar-refractivity contribution < 1.29 is 0 Å². The molecule has 0 aromatic rings. The highest BCUT2D eigenvalue weighted by atomic mass is 14.1. The summed E-state index contributed by atoms with van der Waals surface area (Å²) >= 11 is 0. The van der Waals surface area contributed by atoms with Gasteiger partial charge in [0.05, 0.1) is 0 Å². The Bertz CT molecular complexity index is 255. The summed E-state index contributed by atoms with van der Waals surface area (Å²) in [5, 5.41) is 0. The van der Waals surface area contributed by atoms with Gasteiger partial charge in [0.15, 0.2) is 0 Å². The molecule has 0 amide bonds. The Labute approximate surface area is 173 Å². The van der Waals surface area contributed by atoms with E-state index in [2.05, 4.69) is 0 Å². The minimum absolute atomic E-state index is 1.06. The van der Waals surface area contributed by atoms with E-state index in [-0.39, 0.29) is 0 Å². The predicted octanol–water partition coefficient (Wildman–Crippen LogP) is 9.39. The van der Waals surface area contributed by atoms with Gasteiger partial charge in [-0.05, 0) is 0 Å². The van der Waals surface area contributed by atoms with Crippen molar-refractivity contribution in [2.45, 2.75) is 166 Å². The second-order valence-corrected chi connectivity index (χ2v) is 10.2. The van der Waals surface area contributed by atoms with Crippen LogP contribution in [0.5, 0.6) is 0 Å². The minimum Gasteiger partial charge on any atom is -0.0654 e. The van der Waals surface area contributed by atoms with Crippen LogP contribution in [0, 0.1) is 0 Å². The molecule has 0 aromatic heterocycles. The zero-order chi connectivity index (χ0) is 18.8. The van der Waals surface area contributed by atoms with E-state index in [9.17, 15) is 0 Å². The number of rotatable bonds is 2. The molecule has 0 saturated heterocycles. The lowest BCUT2D eigenvalue weighted by Gasteiger charge is -2.23. The first-order chi connectivity index (χ1) is 13.4. The summed E-state index contributed by atoms with van der Waals surface area (Å²) in [5.41, 5.74) is 0. The standard InChI is InChI=1S/C26H51B/c1-2-6-10-14-18-22-25(21-17-13-9-5-1)27-26-23-19-15-11-7-3-4-8-12-16-20-24-26/h25-27H,1-24H2. The van der Waals surface area contributed by atoms with E-state index in [1.807, 2.05) is 0 Å². The third-order valence-electron chi connectivity index (χ3n) is 7.62. The van der Waals surface area contributed by atoms with Crippen LogP contribution in [0.4, 0.5) is 0 Å². The molecule has 0 unspecified atom stereocenters. The Hall–Kier alpha value is 0.0649. The van der Waals surface area contributed by atoms with E-state index >= 15 is 0 Å². The molecule has 27 heavy (non-hydrogen) atoms. The second kappa shape index (κ2) is 17.0. The third-order valence-corrected chi connectivity index (χ3v) is 7.62. The van der Waals surface area contributed by atoms with Crippen LogP contribution in [-0.2, 0) is 0 Å². The van der Waals surface area contributed by atoms with Gasteiger partial charge in [0.25, 0.3) is 0 Å². The van der Waals surface area contributed by atoms with Gasteiger partial charge in [0.2, 0.25) is 0 Å². The summed E-state index contributed by atoms with van der Waals surface area (Å²) in [4.78, 5) is 0. The van der Waals surface area contributed by atoms with Crippen LogP contribution < -0.4 is 0 Å². The van der Waals surface area contributed by atoms with Crippen LogP contribution in [-0.4, -0.2) is 7.28 Å². The Morgan fingerprint density at radius 3 is 0.667 bits per heavy atom. The summed E-state index contributed by atoms with van der Waals surface area (Å²) in [6, 6.07) is 0. The Morgan fingerprint density at radius 1 is 0.259 bits per heavy atom. The maximum Gasteiger partial charge on any atom is 0.127 e. The SMILES string of the molecule is B(C1CCCCCCCCCCCC1)C1CCCCCCCCCCCC1. The third kappa shape index (κ3) is 13.0. The fourth-order valence-corrected chi connectivity index (χ4v) is 5.79. The van der Waals surface area contributed by atoms with Crippen molar-refractivity contribution >= 4 is 7.28 Å². The molecule has 0 atom stereocenters. The monoisotopic (exact) mass is 374 g/mol. The smallest absolute Gasteiger partial charge is 0.0654 e. The molecular formula is C26H51B. The average molecular weight is 375 g/mol. The van der Waals surface area contributed by atoms with E-state index in [1.54, 1.807) is 33.0 Å². The maximum absolute atomic E-state index is 1.58. The van der Waals surface area contributed by atoms with Gasteiger partial charge >= 0.3 is 0 Å². The van der Waals surface area contributed by atoms with Crippen LogP contribution in [0.1, 0.15) is 154 Å². The van der Waals surface area contributed by atoms with Crippen molar-refractivity contribution in [1.29, 1.82) is 0 Å². The first kappa shape index (κ1) is 23.3. The van der Waals surface area contributed by atoms with Gasteiger partial charge in [0, 0.05) is 0 Å². The van der Waals surface area contributed by atoms with Crippen molar-refractivity contribution in [3.8, 4) is 0 Å². The van der Waals surface area contributed by atoms with Crippen molar-refractivity contribution in [1.82, 2.24) is 0 Å². The zero-order valence-corrected chi connectivity index (χ0v) is 18.8. The molecule has 0 radical (unpaired) electrons. The number of hydrogen-bond donors (Lipinski definition) is 0. The first-order valence-electron chi connectivity index (χ1n) is 13.4. The topological polar surface area (TPSA) is 0 Å². The fourth-order valence-electron chi connectivity index (χ4n) is 5.79. The molecule has 0 aromatic carbocycles. The molecule has 0 heterocycles. The molecule has 0 spiro atoms. The van der Waals surface area contributed by atoms with Crippen molar-refractivity contribution in [3.05, 3.63) is 0 Å². The summed E-state index contributed by atoms with van der Waals surface area (Å²) in [7, 11) is 1.58. The molecule has 1 heteroatoms. The Morgan fingerprint density at radius 2 is 0.444 bits per heavy atom. The molecule has 0 nitrogen and oxygen atoms in total. The van der Waals surface area contributed by atoms with Crippen LogP contribution >= 0.6 is 0 Å². The molecule has 2 fully saturated rings. The Kier molecular flexibility index (Phi) is 14.7. The summed E-state index contributed by atoms with van der Waals surface area (Å²) in [6.45, 7) is 0. The van der Waals surface area contributed by atoms with Crippen molar-refractivity contribution in [3.63, 3.8) is 0 Å². The highest BCUT2D eigenvalue weighted by molar-refractivity contribution is 6.39. The van der Waals surface area contributed by atoms with Gasteiger partial charge in [-0.1, -0.05) is 166 Å². The van der Waals surface area contributed by atoms with Gasteiger partial charge < -0.3 is 0 Å². The van der Waals surface area contributed by atoms with Gasteiger partial charge in [-0.3, -0.25) is 0 Å². The molecule has 2 rings (SSSR count). The quantitative estimate of drug-likeness (QED) is 0.422. The summed E-state index contributed by atoms with van der Waals surface area (Å²) in [6.07, 6.45) is 36.5.